The van der Waals surface area contributed by atoms with E-state index in [9.17, 15) is 0 Å². The molecule has 1 aromatic carbocycles. The lowest BCUT2D eigenvalue weighted by Gasteiger charge is -2.08. The lowest BCUT2D eigenvalue weighted by Crippen LogP contribution is -2.17. The number of nitrogens with one attached hydrogen (secondary N) is 2. The number of H-pyrrole nitrogens is 1. The van der Waals surface area contributed by atoms with Crippen molar-refractivity contribution in [2.75, 3.05) is 0 Å². The van der Waals surface area contributed by atoms with Crippen molar-refractivity contribution in [1.82, 2.24) is 25.1 Å². The highest BCUT2D eigenvalue weighted by molar-refractivity contribution is 5.75. The number of aromatic nitrogens is 4. The molecule has 3 rings (SSSR count). The van der Waals surface area contributed by atoms with Gasteiger partial charge in [0.15, 0.2) is 0 Å². The molecule has 0 atom stereocenters. The van der Waals surface area contributed by atoms with Gasteiger partial charge >= 0.3 is 0 Å². The van der Waals surface area contributed by atoms with Crippen LogP contribution < -0.4 is 5.32 Å². The van der Waals surface area contributed by atoms with Gasteiger partial charge in [0.05, 0.1) is 23.8 Å². The van der Waals surface area contributed by atoms with Crippen molar-refractivity contribution in [3.8, 4) is 0 Å². The maximum atomic E-state index is 4.75. The Morgan fingerprint density at radius 2 is 2.10 bits per heavy atom. The van der Waals surface area contributed by atoms with Crippen LogP contribution >= 0.6 is 0 Å². The fourth-order valence-electron chi connectivity index (χ4n) is 2.60. The molecule has 2 heterocycles. The SMILES string of the molecule is CCCn1c(CNCc2cn[nH]c2C)nc2ccccc21. The molecule has 0 bridgehead atoms. The second kappa shape index (κ2) is 6.10. The molecule has 0 spiro atoms. The number of benzene rings is 1. The molecule has 5 heteroatoms. The molecular formula is C16H21N5. The van der Waals surface area contributed by atoms with Crippen LogP contribution in [0.4, 0.5) is 0 Å². The number of aryl methyl sites for hydroxylation is 2. The van der Waals surface area contributed by atoms with Gasteiger partial charge in [-0.1, -0.05) is 19.1 Å². The summed E-state index contributed by atoms with van der Waals surface area (Å²) < 4.78 is 2.31. The first kappa shape index (κ1) is 13.8. The van der Waals surface area contributed by atoms with Gasteiger partial charge in [-0.25, -0.2) is 4.98 Å². The molecule has 5 nitrogen and oxygen atoms in total. The number of nitrogens with zero attached hydrogens (tertiary/aromatic N) is 3. The Balaban J connectivity index is 1.76. The number of para-hydroxylation sites is 2. The van der Waals surface area contributed by atoms with E-state index >= 15 is 0 Å². The third kappa shape index (κ3) is 2.83. The first-order valence-electron chi connectivity index (χ1n) is 7.43. The quantitative estimate of drug-likeness (QED) is 0.731. The van der Waals surface area contributed by atoms with Crippen molar-refractivity contribution in [1.29, 1.82) is 0 Å². The predicted molar refractivity (Wildman–Crippen MR) is 83.9 cm³/mol. The molecule has 0 aliphatic carbocycles. The van der Waals surface area contributed by atoms with Gasteiger partial charge in [-0.05, 0) is 25.5 Å². The minimum Gasteiger partial charge on any atom is -0.327 e. The molecule has 0 unspecified atom stereocenters. The minimum absolute atomic E-state index is 0.763. The van der Waals surface area contributed by atoms with Crippen LogP contribution in [0.25, 0.3) is 11.0 Å². The molecule has 0 aliphatic rings. The second-order valence-corrected chi connectivity index (χ2v) is 5.29. The van der Waals surface area contributed by atoms with E-state index in [-0.39, 0.29) is 0 Å². The average molecular weight is 283 g/mol. The summed E-state index contributed by atoms with van der Waals surface area (Å²) >= 11 is 0. The number of hydrogen-bond acceptors (Lipinski definition) is 3. The summed E-state index contributed by atoms with van der Waals surface area (Å²) in [5.74, 6) is 1.10. The van der Waals surface area contributed by atoms with Crippen LogP contribution in [0.2, 0.25) is 0 Å². The summed E-state index contributed by atoms with van der Waals surface area (Å²) in [7, 11) is 0. The van der Waals surface area contributed by atoms with E-state index in [1.165, 1.54) is 11.1 Å². The molecule has 0 amide bonds. The highest BCUT2D eigenvalue weighted by Crippen LogP contribution is 2.16. The monoisotopic (exact) mass is 283 g/mol. The number of fused-ring (bicyclic) bond motifs is 1. The minimum atomic E-state index is 0.763. The molecule has 0 aliphatic heterocycles. The van der Waals surface area contributed by atoms with Crippen LogP contribution in [0.15, 0.2) is 30.5 Å². The Kier molecular flexibility index (Phi) is 4.01. The summed E-state index contributed by atoms with van der Waals surface area (Å²) in [5, 5.41) is 10.5. The van der Waals surface area contributed by atoms with Gasteiger partial charge in [0.25, 0.3) is 0 Å². The average Bonchev–Trinajstić information content (AvgIpc) is 3.05. The largest absolute Gasteiger partial charge is 0.327 e. The summed E-state index contributed by atoms with van der Waals surface area (Å²) in [6.07, 6.45) is 2.98. The zero-order chi connectivity index (χ0) is 14.7. The Morgan fingerprint density at radius 3 is 2.86 bits per heavy atom. The first-order valence-corrected chi connectivity index (χ1v) is 7.43. The van der Waals surface area contributed by atoms with Crippen LogP contribution in [0.1, 0.15) is 30.4 Å². The highest BCUT2D eigenvalue weighted by Gasteiger charge is 2.09. The molecule has 0 saturated heterocycles. The van der Waals surface area contributed by atoms with Crippen LogP contribution in [0, 0.1) is 6.92 Å². The summed E-state index contributed by atoms with van der Waals surface area (Å²) in [4.78, 5) is 4.75. The van der Waals surface area contributed by atoms with Crippen molar-refractivity contribution in [2.45, 2.75) is 39.9 Å². The maximum absolute atomic E-state index is 4.75. The van der Waals surface area contributed by atoms with Crippen molar-refractivity contribution >= 4 is 11.0 Å². The fraction of sp³-hybridized carbons (Fsp3) is 0.375. The van der Waals surface area contributed by atoms with E-state index < -0.39 is 0 Å². The van der Waals surface area contributed by atoms with E-state index in [4.69, 9.17) is 4.98 Å². The van der Waals surface area contributed by atoms with E-state index in [0.717, 1.165) is 43.1 Å². The summed E-state index contributed by atoms with van der Waals surface area (Å²) in [6.45, 7) is 6.80. The molecule has 2 aromatic heterocycles. The molecule has 110 valence electrons. The van der Waals surface area contributed by atoms with Gasteiger partial charge in [0.2, 0.25) is 0 Å². The van der Waals surface area contributed by atoms with Crippen molar-refractivity contribution < 1.29 is 0 Å². The molecule has 3 aromatic rings. The van der Waals surface area contributed by atoms with E-state index in [2.05, 4.69) is 45.2 Å². The van der Waals surface area contributed by atoms with Gasteiger partial charge in [-0.15, -0.1) is 0 Å². The summed E-state index contributed by atoms with van der Waals surface area (Å²) in [5.41, 5.74) is 4.61. The second-order valence-electron chi connectivity index (χ2n) is 5.29. The van der Waals surface area contributed by atoms with Gasteiger partial charge in [-0.3, -0.25) is 5.10 Å². The highest BCUT2D eigenvalue weighted by atomic mass is 15.1. The molecular weight excluding hydrogens is 262 g/mol. The standard InChI is InChI=1S/C16H21N5/c1-3-8-21-15-7-5-4-6-14(15)19-16(21)11-17-9-13-10-18-20-12(13)2/h4-7,10,17H,3,8-9,11H2,1-2H3,(H,18,20). The van der Waals surface area contributed by atoms with E-state index in [1.807, 2.05) is 19.2 Å². The molecule has 0 radical (unpaired) electrons. The topological polar surface area (TPSA) is 58.5 Å². The fourth-order valence-corrected chi connectivity index (χ4v) is 2.60. The van der Waals surface area contributed by atoms with Crippen LogP contribution in [0.5, 0.6) is 0 Å². The molecule has 21 heavy (non-hydrogen) atoms. The van der Waals surface area contributed by atoms with Gasteiger partial charge < -0.3 is 9.88 Å². The molecule has 0 saturated carbocycles. The van der Waals surface area contributed by atoms with Gasteiger partial charge in [0.1, 0.15) is 5.82 Å². The van der Waals surface area contributed by atoms with Crippen LogP contribution in [0.3, 0.4) is 0 Å². The molecule has 2 N–H and O–H groups in total. The third-order valence-electron chi connectivity index (χ3n) is 3.71. The van der Waals surface area contributed by atoms with Crippen LogP contribution in [-0.2, 0) is 19.6 Å². The lowest BCUT2D eigenvalue weighted by atomic mass is 10.2. The predicted octanol–water partition coefficient (Wildman–Crippen LogP) is 2.77. The Hall–Kier alpha value is -2.14. The Morgan fingerprint density at radius 1 is 1.24 bits per heavy atom. The van der Waals surface area contributed by atoms with Crippen LogP contribution in [-0.4, -0.2) is 19.7 Å². The van der Waals surface area contributed by atoms with Crippen molar-refractivity contribution in [3.05, 3.63) is 47.5 Å². The van der Waals surface area contributed by atoms with Gasteiger partial charge in [-0.2, -0.15) is 5.10 Å². The Bertz CT molecular complexity index is 725. The maximum Gasteiger partial charge on any atom is 0.123 e. The number of rotatable bonds is 6. The number of aromatic amines is 1. The Labute approximate surface area is 124 Å². The normalized spacial score (nSPS) is 11.3. The van der Waals surface area contributed by atoms with Gasteiger partial charge in [0, 0.05) is 24.3 Å². The van der Waals surface area contributed by atoms with Crippen molar-refractivity contribution in [3.63, 3.8) is 0 Å². The first-order chi connectivity index (χ1) is 10.3. The molecule has 0 fully saturated rings. The van der Waals surface area contributed by atoms with E-state index in [1.54, 1.807) is 0 Å². The smallest absolute Gasteiger partial charge is 0.123 e. The number of hydrogen-bond donors (Lipinski definition) is 2. The zero-order valence-corrected chi connectivity index (χ0v) is 12.6. The van der Waals surface area contributed by atoms with E-state index in [0.29, 0.717) is 0 Å². The number of imidazole rings is 1. The third-order valence-corrected chi connectivity index (χ3v) is 3.71. The lowest BCUT2D eigenvalue weighted by molar-refractivity contribution is 0.597. The van der Waals surface area contributed by atoms with Crippen molar-refractivity contribution in [2.24, 2.45) is 0 Å². The zero-order valence-electron chi connectivity index (χ0n) is 12.6. The summed E-state index contributed by atoms with van der Waals surface area (Å²) in [6, 6.07) is 8.33.